The fraction of sp³-hybridized carbons (Fsp3) is 0.611. The molecule has 1 saturated carbocycles. The fourth-order valence-corrected chi connectivity index (χ4v) is 3.53. The van der Waals surface area contributed by atoms with Gasteiger partial charge in [0.05, 0.1) is 6.20 Å². The van der Waals surface area contributed by atoms with E-state index in [0.717, 1.165) is 62.5 Å². The van der Waals surface area contributed by atoms with Crippen molar-refractivity contribution < 1.29 is 9.32 Å². The van der Waals surface area contributed by atoms with Crippen molar-refractivity contribution in [2.75, 3.05) is 18.4 Å². The summed E-state index contributed by atoms with van der Waals surface area (Å²) >= 11 is 0. The fourth-order valence-electron chi connectivity index (χ4n) is 3.53. The van der Waals surface area contributed by atoms with E-state index in [4.69, 9.17) is 4.52 Å². The van der Waals surface area contributed by atoms with Crippen molar-refractivity contribution in [1.82, 2.24) is 19.8 Å². The van der Waals surface area contributed by atoms with Crippen LogP contribution in [0.15, 0.2) is 16.9 Å². The molecule has 2 aromatic rings. The predicted molar refractivity (Wildman–Crippen MR) is 93.7 cm³/mol. The highest BCUT2D eigenvalue weighted by molar-refractivity contribution is 5.90. The Balaban J connectivity index is 1.36. The largest absolute Gasteiger partial charge is 0.359 e. The average Bonchev–Trinajstić information content (AvgIpc) is 3.25. The number of nitrogens with one attached hydrogen (secondary N) is 1. The van der Waals surface area contributed by atoms with Crippen molar-refractivity contribution in [3.8, 4) is 0 Å². The van der Waals surface area contributed by atoms with Gasteiger partial charge in [-0.3, -0.25) is 4.68 Å². The summed E-state index contributed by atoms with van der Waals surface area (Å²) in [4.78, 5) is 14.5. The van der Waals surface area contributed by atoms with E-state index in [1.807, 2.05) is 22.7 Å². The Morgan fingerprint density at radius 3 is 2.68 bits per heavy atom. The van der Waals surface area contributed by atoms with Gasteiger partial charge in [-0.2, -0.15) is 5.10 Å². The minimum Gasteiger partial charge on any atom is -0.359 e. The Morgan fingerprint density at radius 2 is 2.04 bits per heavy atom. The molecule has 1 aliphatic heterocycles. The summed E-state index contributed by atoms with van der Waals surface area (Å²) in [7, 11) is 0. The Labute approximate surface area is 147 Å². The second-order valence-corrected chi connectivity index (χ2v) is 7.10. The lowest BCUT2D eigenvalue weighted by Crippen LogP contribution is -2.40. The predicted octanol–water partition coefficient (Wildman–Crippen LogP) is 3.49. The number of nitrogens with zero attached hydrogens (tertiary/aromatic N) is 4. The van der Waals surface area contributed by atoms with Crippen molar-refractivity contribution in [1.29, 1.82) is 0 Å². The monoisotopic (exact) mass is 343 g/mol. The molecule has 2 aliphatic rings. The maximum Gasteiger partial charge on any atom is 0.321 e. The maximum atomic E-state index is 12.6. The van der Waals surface area contributed by atoms with Crippen LogP contribution in [0.5, 0.6) is 0 Å². The number of carbonyl (C=O) groups excluding carboxylic acids is 1. The van der Waals surface area contributed by atoms with Crippen LogP contribution in [0.3, 0.4) is 0 Å². The van der Waals surface area contributed by atoms with Gasteiger partial charge in [0.15, 0.2) is 5.76 Å². The zero-order valence-corrected chi connectivity index (χ0v) is 14.9. The van der Waals surface area contributed by atoms with Crippen LogP contribution >= 0.6 is 0 Å². The minimum absolute atomic E-state index is 0.0455. The lowest BCUT2D eigenvalue weighted by Gasteiger charge is -2.31. The third-order valence-electron chi connectivity index (χ3n) is 5.30. The van der Waals surface area contributed by atoms with E-state index < -0.39 is 0 Å². The van der Waals surface area contributed by atoms with Crippen molar-refractivity contribution in [3.05, 3.63) is 29.4 Å². The van der Waals surface area contributed by atoms with Crippen molar-refractivity contribution in [3.63, 3.8) is 0 Å². The summed E-state index contributed by atoms with van der Waals surface area (Å²) in [5.74, 6) is 1.76. The van der Waals surface area contributed by atoms with Gasteiger partial charge in [-0.15, -0.1) is 0 Å². The number of likely N-dealkylation sites (tertiary alicyclic amines) is 1. The van der Waals surface area contributed by atoms with Gasteiger partial charge in [-0.25, -0.2) is 4.79 Å². The molecule has 0 aromatic carbocycles. The lowest BCUT2D eigenvalue weighted by atomic mass is 9.92. The molecular weight excluding hydrogens is 318 g/mol. The van der Waals surface area contributed by atoms with E-state index in [1.165, 1.54) is 5.56 Å². The number of carbonyl (C=O) groups is 1. The van der Waals surface area contributed by atoms with Crippen LogP contribution in [0.4, 0.5) is 10.5 Å². The second-order valence-electron chi connectivity index (χ2n) is 7.10. The van der Waals surface area contributed by atoms with Crippen LogP contribution in [0.25, 0.3) is 0 Å². The van der Waals surface area contributed by atoms with E-state index in [1.54, 1.807) is 0 Å². The van der Waals surface area contributed by atoms with Crippen molar-refractivity contribution >= 4 is 11.7 Å². The molecule has 1 N–H and O–H groups in total. The van der Waals surface area contributed by atoms with E-state index in [0.29, 0.717) is 11.8 Å². The van der Waals surface area contributed by atoms with Gasteiger partial charge in [0, 0.05) is 31.7 Å². The molecule has 1 aliphatic carbocycles. The first-order valence-electron chi connectivity index (χ1n) is 9.20. The Hall–Kier alpha value is -2.31. The lowest BCUT2D eigenvalue weighted by molar-refractivity contribution is 0.194. The highest BCUT2D eigenvalue weighted by Gasteiger charge is 2.33. The van der Waals surface area contributed by atoms with Gasteiger partial charge >= 0.3 is 6.03 Å². The van der Waals surface area contributed by atoms with Gasteiger partial charge in [-0.1, -0.05) is 5.16 Å². The third-order valence-corrected chi connectivity index (χ3v) is 5.30. The molecule has 25 heavy (non-hydrogen) atoms. The molecule has 1 saturated heterocycles. The quantitative estimate of drug-likeness (QED) is 0.922. The molecule has 0 spiro atoms. The molecule has 2 fully saturated rings. The topological polar surface area (TPSA) is 76.2 Å². The van der Waals surface area contributed by atoms with Crippen LogP contribution in [0.2, 0.25) is 0 Å². The van der Waals surface area contributed by atoms with Crippen LogP contribution in [0, 0.1) is 6.92 Å². The molecule has 4 rings (SSSR count). The first kappa shape index (κ1) is 16.2. The average molecular weight is 343 g/mol. The van der Waals surface area contributed by atoms with Crippen LogP contribution in [-0.4, -0.2) is 39.0 Å². The van der Waals surface area contributed by atoms with Gasteiger partial charge in [0.2, 0.25) is 0 Å². The minimum atomic E-state index is -0.0455. The summed E-state index contributed by atoms with van der Waals surface area (Å²) in [5, 5.41) is 11.4. The molecule has 0 radical (unpaired) electrons. The van der Waals surface area contributed by atoms with Crippen LogP contribution in [-0.2, 0) is 6.54 Å². The summed E-state index contributed by atoms with van der Waals surface area (Å²) < 4.78 is 7.36. The van der Waals surface area contributed by atoms with Gasteiger partial charge in [0.25, 0.3) is 0 Å². The number of hydrogen-bond donors (Lipinski definition) is 1. The van der Waals surface area contributed by atoms with Gasteiger partial charge in [-0.05, 0) is 51.0 Å². The van der Waals surface area contributed by atoms with E-state index in [-0.39, 0.29) is 6.03 Å². The molecule has 7 heteroatoms. The van der Waals surface area contributed by atoms with Crippen molar-refractivity contribution in [2.24, 2.45) is 0 Å². The molecule has 2 aromatic heterocycles. The van der Waals surface area contributed by atoms with Crippen molar-refractivity contribution in [2.45, 2.75) is 57.9 Å². The first-order chi connectivity index (χ1) is 12.2. The van der Waals surface area contributed by atoms with Gasteiger partial charge in [0.1, 0.15) is 11.4 Å². The smallest absolute Gasteiger partial charge is 0.321 e. The van der Waals surface area contributed by atoms with Gasteiger partial charge < -0.3 is 14.7 Å². The Morgan fingerprint density at radius 1 is 1.28 bits per heavy atom. The SMILES string of the molecule is CCn1cc(C2CCN(C(=O)Nc3c(C)noc3C3CC3)CC2)cn1. The molecule has 0 bridgehead atoms. The Bertz CT molecular complexity index is 753. The second kappa shape index (κ2) is 6.54. The number of urea groups is 1. The number of amides is 2. The summed E-state index contributed by atoms with van der Waals surface area (Å²) in [6.45, 7) is 6.38. The summed E-state index contributed by atoms with van der Waals surface area (Å²) in [6, 6.07) is -0.0455. The first-order valence-corrected chi connectivity index (χ1v) is 9.20. The molecule has 3 heterocycles. The summed E-state index contributed by atoms with van der Waals surface area (Å²) in [6.07, 6.45) is 8.28. The third kappa shape index (κ3) is 3.27. The normalized spacial score (nSPS) is 18.6. The number of rotatable bonds is 4. The molecular formula is C18H25N5O2. The zero-order chi connectivity index (χ0) is 17.4. The molecule has 134 valence electrons. The number of anilines is 1. The number of hydrogen-bond acceptors (Lipinski definition) is 4. The highest BCUT2D eigenvalue weighted by Crippen LogP contribution is 2.44. The maximum absolute atomic E-state index is 12.6. The molecule has 7 nitrogen and oxygen atoms in total. The molecule has 2 amide bonds. The van der Waals surface area contributed by atoms with E-state index >= 15 is 0 Å². The van der Waals surface area contributed by atoms with E-state index in [2.05, 4.69) is 28.7 Å². The number of aromatic nitrogens is 3. The number of piperidine rings is 1. The summed E-state index contributed by atoms with van der Waals surface area (Å²) in [5.41, 5.74) is 2.82. The van der Waals surface area contributed by atoms with Crippen LogP contribution in [0.1, 0.15) is 61.5 Å². The standard InChI is InChI=1S/C18H25N5O2/c1-3-23-11-15(10-19-23)13-6-8-22(9-7-13)18(24)20-16-12(2)21-25-17(16)14-4-5-14/h10-11,13-14H,3-9H2,1-2H3,(H,20,24). The van der Waals surface area contributed by atoms with Crippen LogP contribution < -0.4 is 5.32 Å². The number of aryl methyl sites for hydroxylation is 2. The zero-order valence-electron chi connectivity index (χ0n) is 14.9. The molecule has 0 atom stereocenters. The highest BCUT2D eigenvalue weighted by atomic mass is 16.5. The molecule has 0 unspecified atom stereocenters. The Kier molecular flexibility index (Phi) is 4.23. The van der Waals surface area contributed by atoms with E-state index in [9.17, 15) is 4.79 Å².